The number of nitrogens with one attached hydrogen (secondary N) is 3. The number of aliphatic hydroxyl groups excluding tert-OH is 1. The van der Waals surface area contributed by atoms with Crippen molar-refractivity contribution in [2.75, 3.05) is 29.1 Å². The van der Waals surface area contributed by atoms with Crippen molar-refractivity contribution in [2.45, 2.75) is 6.54 Å². The monoisotopic (exact) mass is 336 g/mol. The summed E-state index contributed by atoms with van der Waals surface area (Å²) in [6.45, 7) is 0.974. The Morgan fingerprint density at radius 3 is 2.00 bits per heavy atom. The first-order valence-corrected chi connectivity index (χ1v) is 8.04. The largest absolute Gasteiger partial charge is 0.395 e. The van der Waals surface area contributed by atoms with E-state index in [1.165, 1.54) is 0 Å². The molecule has 0 spiro atoms. The Kier molecular flexibility index (Phi) is 5.73. The number of para-hydroxylation sites is 1. The molecule has 25 heavy (non-hydrogen) atoms. The van der Waals surface area contributed by atoms with E-state index in [2.05, 4.69) is 30.9 Å². The van der Waals surface area contributed by atoms with E-state index in [0.29, 0.717) is 30.9 Å². The first-order chi connectivity index (χ1) is 12.3. The third kappa shape index (κ3) is 5.15. The molecule has 0 radical (unpaired) electrons. The van der Waals surface area contributed by atoms with Gasteiger partial charge in [0.1, 0.15) is 0 Å². The molecular formula is C18H20N6O. The van der Waals surface area contributed by atoms with Gasteiger partial charge >= 0.3 is 0 Å². The molecule has 0 aliphatic rings. The first kappa shape index (κ1) is 16.7. The number of hydrogen-bond donors (Lipinski definition) is 4. The number of rotatable bonds is 8. The van der Waals surface area contributed by atoms with Crippen LogP contribution >= 0.6 is 0 Å². The molecule has 4 N–H and O–H groups in total. The molecule has 0 saturated heterocycles. The molecule has 0 bridgehead atoms. The van der Waals surface area contributed by atoms with Gasteiger partial charge in [-0.1, -0.05) is 48.5 Å². The molecule has 0 saturated carbocycles. The second kappa shape index (κ2) is 8.60. The fourth-order valence-corrected chi connectivity index (χ4v) is 2.19. The van der Waals surface area contributed by atoms with Gasteiger partial charge in [0.05, 0.1) is 6.61 Å². The number of benzene rings is 2. The number of aliphatic hydroxyl groups is 1. The number of anilines is 4. The van der Waals surface area contributed by atoms with Gasteiger partial charge in [0.2, 0.25) is 17.8 Å². The highest BCUT2D eigenvalue weighted by Gasteiger charge is 2.07. The Morgan fingerprint density at radius 2 is 1.32 bits per heavy atom. The van der Waals surface area contributed by atoms with Crippen molar-refractivity contribution >= 4 is 23.5 Å². The summed E-state index contributed by atoms with van der Waals surface area (Å²) in [5.74, 6) is 1.29. The minimum absolute atomic E-state index is 0.0000920. The number of aromatic nitrogens is 3. The summed E-state index contributed by atoms with van der Waals surface area (Å²) in [4.78, 5) is 13.1. The molecule has 1 aromatic heterocycles. The molecule has 0 amide bonds. The van der Waals surface area contributed by atoms with E-state index >= 15 is 0 Å². The van der Waals surface area contributed by atoms with Gasteiger partial charge in [0, 0.05) is 18.8 Å². The summed E-state index contributed by atoms with van der Waals surface area (Å²) in [5, 5.41) is 18.3. The van der Waals surface area contributed by atoms with E-state index in [-0.39, 0.29) is 6.61 Å². The summed E-state index contributed by atoms with van der Waals surface area (Å²) < 4.78 is 0. The predicted octanol–water partition coefficient (Wildman–Crippen LogP) is 2.63. The van der Waals surface area contributed by atoms with Gasteiger partial charge < -0.3 is 21.1 Å². The van der Waals surface area contributed by atoms with Crippen LogP contribution in [0.3, 0.4) is 0 Å². The number of hydrogen-bond acceptors (Lipinski definition) is 7. The van der Waals surface area contributed by atoms with Crippen LogP contribution in [-0.2, 0) is 6.54 Å². The van der Waals surface area contributed by atoms with Crippen LogP contribution in [0.1, 0.15) is 5.56 Å². The van der Waals surface area contributed by atoms with Crippen molar-refractivity contribution in [1.29, 1.82) is 0 Å². The lowest BCUT2D eigenvalue weighted by Crippen LogP contribution is -2.13. The Labute approximate surface area is 146 Å². The SMILES string of the molecule is OCCNc1nc(NCc2ccccc2)nc(Nc2ccccc2)n1. The highest BCUT2D eigenvalue weighted by Crippen LogP contribution is 2.15. The van der Waals surface area contributed by atoms with Gasteiger partial charge in [-0.25, -0.2) is 0 Å². The van der Waals surface area contributed by atoms with Crippen molar-refractivity contribution in [1.82, 2.24) is 15.0 Å². The summed E-state index contributed by atoms with van der Waals surface area (Å²) in [5.41, 5.74) is 2.01. The fraction of sp³-hybridized carbons (Fsp3) is 0.167. The summed E-state index contributed by atoms with van der Waals surface area (Å²) >= 11 is 0. The molecule has 1 heterocycles. The van der Waals surface area contributed by atoms with E-state index in [9.17, 15) is 0 Å². The van der Waals surface area contributed by atoms with E-state index in [1.54, 1.807) is 0 Å². The first-order valence-electron chi connectivity index (χ1n) is 8.04. The molecule has 128 valence electrons. The van der Waals surface area contributed by atoms with Crippen LogP contribution in [0.4, 0.5) is 23.5 Å². The molecule has 2 aromatic carbocycles. The van der Waals surface area contributed by atoms with Gasteiger partial charge in [0.15, 0.2) is 0 Å². The zero-order chi connectivity index (χ0) is 17.3. The maximum absolute atomic E-state index is 8.99. The average molecular weight is 336 g/mol. The molecule has 7 nitrogen and oxygen atoms in total. The Hall–Kier alpha value is -3.19. The van der Waals surface area contributed by atoms with Crippen LogP contribution in [0.15, 0.2) is 60.7 Å². The lowest BCUT2D eigenvalue weighted by atomic mass is 10.2. The molecule has 7 heteroatoms. The van der Waals surface area contributed by atoms with Crippen LogP contribution in [0.5, 0.6) is 0 Å². The molecule has 0 aliphatic carbocycles. The molecular weight excluding hydrogens is 316 g/mol. The lowest BCUT2D eigenvalue weighted by Gasteiger charge is -2.11. The molecule has 3 aromatic rings. The number of nitrogens with zero attached hydrogens (tertiary/aromatic N) is 3. The third-order valence-corrected chi connectivity index (χ3v) is 3.35. The minimum Gasteiger partial charge on any atom is -0.395 e. The summed E-state index contributed by atoms with van der Waals surface area (Å²) in [6.07, 6.45) is 0. The predicted molar refractivity (Wildman–Crippen MR) is 98.9 cm³/mol. The summed E-state index contributed by atoms with van der Waals surface area (Å²) in [7, 11) is 0. The minimum atomic E-state index is -0.0000920. The van der Waals surface area contributed by atoms with Crippen molar-refractivity contribution in [3.05, 3.63) is 66.2 Å². The second-order valence-corrected chi connectivity index (χ2v) is 5.29. The van der Waals surface area contributed by atoms with Gasteiger partial charge in [-0.3, -0.25) is 0 Å². The molecule has 0 aliphatic heterocycles. The lowest BCUT2D eigenvalue weighted by molar-refractivity contribution is 0.311. The van der Waals surface area contributed by atoms with Crippen molar-refractivity contribution in [2.24, 2.45) is 0 Å². The van der Waals surface area contributed by atoms with E-state index < -0.39 is 0 Å². The fourth-order valence-electron chi connectivity index (χ4n) is 2.19. The van der Waals surface area contributed by atoms with Gasteiger partial charge in [0.25, 0.3) is 0 Å². The summed E-state index contributed by atoms with van der Waals surface area (Å²) in [6, 6.07) is 19.7. The maximum atomic E-state index is 8.99. The Morgan fingerprint density at radius 1 is 0.720 bits per heavy atom. The van der Waals surface area contributed by atoms with E-state index in [4.69, 9.17) is 5.11 Å². The van der Waals surface area contributed by atoms with Gasteiger partial charge in [-0.15, -0.1) is 0 Å². The topological polar surface area (TPSA) is 95.0 Å². The quantitative estimate of drug-likeness (QED) is 0.502. The van der Waals surface area contributed by atoms with Gasteiger partial charge in [-0.2, -0.15) is 15.0 Å². The van der Waals surface area contributed by atoms with E-state index in [1.807, 2.05) is 60.7 Å². The van der Waals surface area contributed by atoms with Crippen LogP contribution in [0.25, 0.3) is 0 Å². The van der Waals surface area contributed by atoms with Crippen LogP contribution < -0.4 is 16.0 Å². The average Bonchev–Trinajstić information content (AvgIpc) is 2.66. The second-order valence-electron chi connectivity index (χ2n) is 5.29. The van der Waals surface area contributed by atoms with Crippen LogP contribution in [0, 0.1) is 0 Å². The zero-order valence-electron chi connectivity index (χ0n) is 13.7. The van der Waals surface area contributed by atoms with Crippen molar-refractivity contribution in [3.8, 4) is 0 Å². The molecule has 0 atom stereocenters. The highest BCUT2D eigenvalue weighted by atomic mass is 16.3. The highest BCUT2D eigenvalue weighted by molar-refractivity contribution is 5.55. The van der Waals surface area contributed by atoms with Crippen molar-refractivity contribution in [3.63, 3.8) is 0 Å². The van der Waals surface area contributed by atoms with E-state index in [0.717, 1.165) is 11.3 Å². The van der Waals surface area contributed by atoms with Crippen LogP contribution in [-0.4, -0.2) is 33.2 Å². The molecule has 0 fully saturated rings. The smallest absolute Gasteiger partial charge is 0.233 e. The standard InChI is InChI=1S/C18H20N6O/c25-12-11-19-16-22-17(20-13-14-7-3-1-4-8-14)24-18(23-16)21-15-9-5-2-6-10-15/h1-10,25H,11-13H2,(H3,19,20,21,22,23,24). The molecule has 3 rings (SSSR count). The van der Waals surface area contributed by atoms with Crippen molar-refractivity contribution < 1.29 is 5.11 Å². The normalized spacial score (nSPS) is 10.3. The van der Waals surface area contributed by atoms with Crippen LogP contribution in [0.2, 0.25) is 0 Å². The maximum Gasteiger partial charge on any atom is 0.233 e. The Balaban J connectivity index is 1.77. The van der Waals surface area contributed by atoms with Gasteiger partial charge in [-0.05, 0) is 17.7 Å². The molecule has 0 unspecified atom stereocenters. The zero-order valence-corrected chi connectivity index (χ0v) is 13.7. The third-order valence-electron chi connectivity index (χ3n) is 3.35. The Bertz CT molecular complexity index is 782.